The number of rotatable bonds is 0. The molecule has 0 spiro atoms. The molecule has 0 saturated heterocycles. The lowest BCUT2D eigenvalue weighted by molar-refractivity contribution is -0.603. The number of aryl methyl sites for hydroxylation is 3. The number of para-hydroxylation sites is 1. The van der Waals surface area contributed by atoms with Crippen LogP contribution in [0.15, 0.2) is 42.7 Å². The first kappa shape index (κ1) is 12.2. The van der Waals surface area contributed by atoms with Crippen LogP contribution in [0.4, 0.5) is 0 Å². The molecule has 0 saturated carbocycles. The summed E-state index contributed by atoms with van der Waals surface area (Å²) >= 11 is 0. The van der Waals surface area contributed by atoms with Gasteiger partial charge in [0.15, 0.2) is 12.4 Å². The molecule has 0 N–H and O–H groups in total. The van der Waals surface area contributed by atoms with Crippen LogP contribution < -0.4 is 4.73 Å². The second-order valence-electron chi connectivity index (χ2n) is 5.68. The van der Waals surface area contributed by atoms with E-state index in [9.17, 15) is 5.21 Å². The van der Waals surface area contributed by atoms with Gasteiger partial charge in [-0.15, -0.1) is 0 Å². The lowest BCUT2D eigenvalue weighted by Gasteiger charge is -2.10. The lowest BCUT2D eigenvalue weighted by Crippen LogP contribution is -2.24. The number of aromatic nitrogens is 2. The first-order valence-corrected chi connectivity index (χ1v) is 7.08. The minimum absolute atomic E-state index is 0.881. The van der Waals surface area contributed by atoms with E-state index in [1.807, 2.05) is 6.07 Å². The van der Waals surface area contributed by atoms with Crippen molar-refractivity contribution in [1.82, 2.24) is 4.57 Å². The minimum atomic E-state index is 0.881. The molecular formula is C18H16N2O. The molecule has 0 fully saturated rings. The Morgan fingerprint density at radius 1 is 0.952 bits per heavy atom. The van der Waals surface area contributed by atoms with Crippen LogP contribution >= 0.6 is 0 Å². The Bertz CT molecular complexity index is 1030. The molecule has 0 aliphatic carbocycles. The van der Waals surface area contributed by atoms with Crippen molar-refractivity contribution in [3.05, 3.63) is 59.1 Å². The van der Waals surface area contributed by atoms with Gasteiger partial charge in [0, 0.05) is 29.4 Å². The van der Waals surface area contributed by atoms with Crippen molar-refractivity contribution in [2.75, 3.05) is 0 Å². The minimum Gasteiger partial charge on any atom is -0.619 e. The fourth-order valence-electron chi connectivity index (χ4n) is 3.58. The van der Waals surface area contributed by atoms with E-state index in [-0.39, 0.29) is 0 Å². The summed E-state index contributed by atoms with van der Waals surface area (Å²) in [7, 11) is 2.11. The van der Waals surface area contributed by atoms with Gasteiger partial charge in [0.2, 0.25) is 0 Å². The van der Waals surface area contributed by atoms with Gasteiger partial charge in [-0.2, -0.15) is 4.73 Å². The number of benzene rings is 2. The summed E-state index contributed by atoms with van der Waals surface area (Å²) in [5.74, 6) is 0. The number of nitrogens with zero attached hydrogens (tertiary/aromatic N) is 2. The Labute approximate surface area is 122 Å². The Morgan fingerprint density at radius 3 is 2.52 bits per heavy atom. The zero-order valence-corrected chi connectivity index (χ0v) is 12.3. The highest BCUT2D eigenvalue weighted by molar-refractivity contribution is 6.16. The highest BCUT2D eigenvalue weighted by Crippen LogP contribution is 2.37. The molecule has 0 aliphatic rings. The van der Waals surface area contributed by atoms with Crippen molar-refractivity contribution in [3.63, 3.8) is 0 Å². The quantitative estimate of drug-likeness (QED) is 0.356. The van der Waals surface area contributed by atoms with Crippen LogP contribution in [0.1, 0.15) is 11.1 Å². The van der Waals surface area contributed by atoms with E-state index in [2.05, 4.69) is 49.7 Å². The Hall–Kier alpha value is -2.55. The van der Waals surface area contributed by atoms with Crippen LogP contribution in [-0.2, 0) is 7.05 Å². The van der Waals surface area contributed by atoms with Crippen molar-refractivity contribution in [2.45, 2.75) is 13.8 Å². The van der Waals surface area contributed by atoms with E-state index in [1.165, 1.54) is 32.9 Å². The van der Waals surface area contributed by atoms with Gasteiger partial charge in [-0.3, -0.25) is 0 Å². The van der Waals surface area contributed by atoms with Crippen molar-refractivity contribution >= 4 is 32.6 Å². The summed E-state index contributed by atoms with van der Waals surface area (Å²) in [6.45, 7) is 4.24. The summed E-state index contributed by atoms with van der Waals surface area (Å²) in [6, 6.07) is 10.4. The van der Waals surface area contributed by atoms with Gasteiger partial charge in [-0.05, 0) is 36.4 Å². The Kier molecular flexibility index (Phi) is 2.31. The molecule has 21 heavy (non-hydrogen) atoms. The average Bonchev–Trinajstić information content (AvgIpc) is 2.79. The molecule has 4 rings (SSSR count). The smallest absolute Gasteiger partial charge is 0.188 e. The topological polar surface area (TPSA) is 31.9 Å². The fourth-order valence-corrected chi connectivity index (χ4v) is 3.58. The largest absolute Gasteiger partial charge is 0.619 e. The van der Waals surface area contributed by atoms with Crippen LogP contribution in [0.25, 0.3) is 32.6 Å². The van der Waals surface area contributed by atoms with Gasteiger partial charge in [-0.1, -0.05) is 18.2 Å². The molecule has 0 aliphatic heterocycles. The van der Waals surface area contributed by atoms with E-state index >= 15 is 0 Å². The first-order valence-electron chi connectivity index (χ1n) is 7.08. The molecular weight excluding hydrogens is 260 g/mol. The van der Waals surface area contributed by atoms with E-state index in [4.69, 9.17) is 0 Å². The van der Waals surface area contributed by atoms with Crippen LogP contribution in [0.5, 0.6) is 0 Å². The van der Waals surface area contributed by atoms with E-state index < -0.39 is 0 Å². The highest BCUT2D eigenvalue weighted by atomic mass is 16.5. The molecule has 3 nitrogen and oxygen atoms in total. The standard InChI is InChI=1S/C18H16N2O/c1-11-15-10-20(21)9-8-13(15)12(2)18-17(11)14-6-4-5-7-16(14)19(18)3/h4-10H,1-3H3. The fraction of sp³-hybridized carbons (Fsp3) is 0.167. The van der Waals surface area contributed by atoms with Crippen LogP contribution in [-0.4, -0.2) is 4.57 Å². The molecule has 0 unspecified atom stereocenters. The molecule has 2 aromatic carbocycles. The van der Waals surface area contributed by atoms with Gasteiger partial charge < -0.3 is 9.77 Å². The molecule has 4 aromatic rings. The average molecular weight is 276 g/mol. The maximum Gasteiger partial charge on any atom is 0.188 e. The van der Waals surface area contributed by atoms with E-state index in [0.717, 1.165) is 15.5 Å². The highest BCUT2D eigenvalue weighted by Gasteiger charge is 2.17. The SMILES string of the molecule is Cc1c2c[n+]([O-])ccc2c(C)c2c1c1ccccc1n2C. The normalized spacial score (nSPS) is 11.8. The summed E-state index contributed by atoms with van der Waals surface area (Å²) < 4.78 is 3.14. The summed E-state index contributed by atoms with van der Waals surface area (Å²) in [4.78, 5) is 0. The zero-order chi connectivity index (χ0) is 14.7. The molecule has 2 heterocycles. The number of pyridine rings is 1. The molecule has 0 atom stereocenters. The van der Waals surface area contributed by atoms with Crippen LogP contribution in [0.2, 0.25) is 0 Å². The third kappa shape index (κ3) is 1.46. The van der Waals surface area contributed by atoms with Gasteiger partial charge in [0.05, 0.1) is 10.9 Å². The molecule has 0 amide bonds. The molecule has 104 valence electrons. The van der Waals surface area contributed by atoms with E-state index in [0.29, 0.717) is 0 Å². The van der Waals surface area contributed by atoms with Crippen molar-refractivity contribution in [1.29, 1.82) is 0 Å². The van der Waals surface area contributed by atoms with Crippen molar-refractivity contribution < 1.29 is 4.73 Å². The van der Waals surface area contributed by atoms with Crippen LogP contribution in [0.3, 0.4) is 0 Å². The molecule has 3 heteroatoms. The summed E-state index contributed by atoms with van der Waals surface area (Å²) in [5, 5.41) is 16.4. The van der Waals surface area contributed by atoms with Gasteiger partial charge >= 0.3 is 0 Å². The number of fused-ring (bicyclic) bond motifs is 4. The number of hydrogen-bond acceptors (Lipinski definition) is 1. The second kappa shape index (κ2) is 3.98. The predicted octanol–water partition coefficient (Wildman–Crippen LogP) is 3.73. The number of hydrogen-bond donors (Lipinski definition) is 0. The third-order valence-corrected chi connectivity index (χ3v) is 4.58. The maximum absolute atomic E-state index is 11.7. The Morgan fingerprint density at radius 2 is 1.71 bits per heavy atom. The first-order chi connectivity index (χ1) is 10.1. The Balaban J connectivity index is 2.40. The molecule has 0 bridgehead atoms. The van der Waals surface area contributed by atoms with Crippen LogP contribution in [0, 0.1) is 19.1 Å². The van der Waals surface area contributed by atoms with Gasteiger partial charge in [0.1, 0.15) is 0 Å². The third-order valence-electron chi connectivity index (χ3n) is 4.58. The second-order valence-corrected chi connectivity index (χ2v) is 5.68. The maximum atomic E-state index is 11.7. The zero-order valence-electron chi connectivity index (χ0n) is 12.3. The van der Waals surface area contributed by atoms with E-state index in [1.54, 1.807) is 12.4 Å². The molecule has 2 aromatic heterocycles. The summed E-state index contributed by atoms with van der Waals surface area (Å²) in [6.07, 6.45) is 3.25. The van der Waals surface area contributed by atoms with Crippen molar-refractivity contribution in [2.24, 2.45) is 7.05 Å². The van der Waals surface area contributed by atoms with Gasteiger partial charge in [0.25, 0.3) is 0 Å². The predicted molar refractivity (Wildman–Crippen MR) is 86.4 cm³/mol. The lowest BCUT2D eigenvalue weighted by atomic mass is 9.97. The molecule has 0 radical (unpaired) electrons. The van der Waals surface area contributed by atoms with Gasteiger partial charge in [-0.25, -0.2) is 0 Å². The summed E-state index contributed by atoms with van der Waals surface area (Å²) in [5.41, 5.74) is 4.88. The van der Waals surface area contributed by atoms with Crippen molar-refractivity contribution in [3.8, 4) is 0 Å². The monoisotopic (exact) mass is 276 g/mol.